The van der Waals surface area contributed by atoms with E-state index in [1.54, 1.807) is 24.3 Å². The Labute approximate surface area is 177 Å². The molecule has 1 heterocycles. The van der Waals surface area contributed by atoms with Crippen molar-refractivity contribution in [2.75, 3.05) is 19.8 Å². The van der Waals surface area contributed by atoms with Crippen LogP contribution in [0.5, 0.6) is 0 Å². The maximum atomic E-state index is 12.6. The molecular weight excluding hydrogens is 408 g/mol. The minimum atomic E-state index is -1.55. The lowest BCUT2D eigenvalue weighted by Gasteiger charge is -2.39. The minimum Gasteiger partial charge on any atom is -0.460 e. The second-order valence-corrected chi connectivity index (χ2v) is 7.34. The molecule has 164 valence electrons. The van der Waals surface area contributed by atoms with Crippen LogP contribution in [-0.4, -0.2) is 82.7 Å². The number of carbonyl (C=O) groups is 2. The Morgan fingerprint density at radius 2 is 1.61 bits per heavy atom. The number of ketones is 1. The molecule has 0 amide bonds. The van der Waals surface area contributed by atoms with Crippen molar-refractivity contribution >= 4 is 11.8 Å². The van der Waals surface area contributed by atoms with Crippen molar-refractivity contribution < 1.29 is 44.2 Å². The van der Waals surface area contributed by atoms with Gasteiger partial charge in [-0.15, -0.1) is 0 Å². The molecule has 2 aromatic rings. The molecule has 4 rings (SSSR count). The predicted octanol–water partition coefficient (Wildman–Crippen LogP) is -0.129. The monoisotopic (exact) mass is 430 g/mol. The van der Waals surface area contributed by atoms with Gasteiger partial charge in [-0.3, -0.25) is 4.79 Å². The Kier molecular flexibility index (Phi) is 6.15. The molecular formula is C22H22O9. The van der Waals surface area contributed by atoms with E-state index in [0.29, 0.717) is 11.1 Å². The van der Waals surface area contributed by atoms with Crippen LogP contribution in [0, 0.1) is 0 Å². The van der Waals surface area contributed by atoms with Gasteiger partial charge in [0.2, 0.25) is 0 Å². The molecule has 2 aromatic carbocycles. The summed E-state index contributed by atoms with van der Waals surface area (Å²) in [6, 6.07) is 12.0. The average molecular weight is 430 g/mol. The maximum absolute atomic E-state index is 12.6. The fraction of sp³-hybridized carbons (Fsp3) is 0.364. The number of fused-ring (bicyclic) bond motifs is 3. The van der Waals surface area contributed by atoms with Crippen LogP contribution in [0.4, 0.5) is 0 Å². The molecule has 0 bridgehead atoms. The summed E-state index contributed by atoms with van der Waals surface area (Å²) < 4.78 is 15.6. The first-order valence-electron chi connectivity index (χ1n) is 9.79. The third-order valence-corrected chi connectivity index (χ3v) is 5.41. The molecule has 4 N–H and O–H groups in total. The first-order chi connectivity index (χ1) is 14.9. The number of benzene rings is 2. The van der Waals surface area contributed by atoms with Crippen molar-refractivity contribution in [1.29, 1.82) is 0 Å². The Morgan fingerprint density at radius 1 is 0.903 bits per heavy atom. The van der Waals surface area contributed by atoms with Crippen LogP contribution >= 0.6 is 0 Å². The van der Waals surface area contributed by atoms with Crippen molar-refractivity contribution in [2.45, 2.75) is 30.7 Å². The number of rotatable bonds is 6. The van der Waals surface area contributed by atoms with Gasteiger partial charge in [0.25, 0.3) is 0 Å². The lowest BCUT2D eigenvalue weighted by molar-refractivity contribution is -0.302. The molecule has 1 fully saturated rings. The van der Waals surface area contributed by atoms with E-state index in [1.807, 2.05) is 12.1 Å². The van der Waals surface area contributed by atoms with Gasteiger partial charge in [0.1, 0.15) is 31.0 Å². The van der Waals surface area contributed by atoms with Gasteiger partial charge in [-0.1, -0.05) is 30.3 Å². The van der Waals surface area contributed by atoms with Crippen molar-refractivity contribution in [3.05, 3.63) is 59.2 Å². The largest absolute Gasteiger partial charge is 0.460 e. The van der Waals surface area contributed by atoms with Gasteiger partial charge < -0.3 is 34.6 Å². The summed E-state index contributed by atoms with van der Waals surface area (Å²) in [4.78, 5) is 24.9. The Bertz CT molecular complexity index is 987. The van der Waals surface area contributed by atoms with E-state index in [2.05, 4.69) is 0 Å². The zero-order chi connectivity index (χ0) is 22.1. The molecule has 0 spiro atoms. The van der Waals surface area contributed by atoms with E-state index >= 15 is 0 Å². The standard InChI is InChI=1S/C22H22O9/c23-10-16-18(25)19(26)20(27)22(31-16)30-8-7-29-21(28)11-5-6-13-12-3-1-2-4-14(12)17(24)15(13)9-11/h1-6,9,16,18-20,22-23,25-27H,7-8,10H2/t16-,18-,19+,20-,22-/m1/s1. The molecule has 1 saturated heterocycles. The van der Waals surface area contributed by atoms with Crippen LogP contribution in [0.25, 0.3) is 11.1 Å². The van der Waals surface area contributed by atoms with E-state index in [0.717, 1.165) is 11.1 Å². The molecule has 0 unspecified atom stereocenters. The predicted molar refractivity (Wildman–Crippen MR) is 105 cm³/mol. The number of carbonyl (C=O) groups excluding carboxylic acids is 2. The van der Waals surface area contributed by atoms with Crippen LogP contribution in [-0.2, 0) is 14.2 Å². The summed E-state index contributed by atoms with van der Waals surface area (Å²) in [5.41, 5.74) is 2.84. The van der Waals surface area contributed by atoms with Crippen LogP contribution < -0.4 is 0 Å². The quantitative estimate of drug-likeness (QED) is 0.311. The highest BCUT2D eigenvalue weighted by atomic mass is 16.7. The summed E-state index contributed by atoms with van der Waals surface area (Å²) in [5.74, 6) is -0.796. The van der Waals surface area contributed by atoms with Gasteiger partial charge in [0, 0.05) is 11.1 Å². The number of hydrogen-bond donors (Lipinski definition) is 4. The molecule has 1 aliphatic carbocycles. The van der Waals surface area contributed by atoms with E-state index < -0.39 is 43.3 Å². The summed E-state index contributed by atoms with van der Waals surface area (Å²) in [5, 5.41) is 38.6. The number of ether oxygens (including phenoxy) is 3. The van der Waals surface area contributed by atoms with Gasteiger partial charge in [-0.25, -0.2) is 4.79 Å². The molecule has 9 heteroatoms. The summed E-state index contributed by atoms with van der Waals surface area (Å²) >= 11 is 0. The van der Waals surface area contributed by atoms with Gasteiger partial charge in [-0.2, -0.15) is 0 Å². The third-order valence-electron chi connectivity index (χ3n) is 5.41. The molecule has 0 radical (unpaired) electrons. The SMILES string of the molecule is O=C(OCCO[C@@H]1O[C@H](CO)[C@@H](O)[C@H](O)[C@H]1O)c1ccc2c(c1)C(=O)c1ccccc1-2. The summed E-state index contributed by atoms with van der Waals surface area (Å²) in [6.45, 7) is -0.913. The van der Waals surface area contributed by atoms with Crippen LogP contribution in [0.15, 0.2) is 42.5 Å². The van der Waals surface area contributed by atoms with Gasteiger partial charge in [-0.05, 0) is 23.3 Å². The molecule has 0 saturated carbocycles. The second kappa shape index (κ2) is 8.83. The van der Waals surface area contributed by atoms with Gasteiger partial charge in [0.15, 0.2) is 12.1 Å². The first-order valence-corrected chi connectivity index (χ1v) is 9.79. The first kappa shape index (κ1) is 21.6. The van der Waals surface area contributed by atoms with E-state index in [-0.39, 0.29) is 24.6 Å². The number of aliphatic hydroxyl groups excluding tert-OH is 4. The third kappa shape index (κ3) is 3.99. The van der Waals surface area contributed by atoms with E-state index in [4.69, 9.17) is 19.3 Å². The highest BCUT2D eigenvalue weighted by molar-refractivity contribution is 6.22. The Hall–Kier alpha value is -2.66. The highest BCUT2D eigenvalue weighted by Crippen LogP contribution is 2.36. The second-order valence-electron chi connectivity index (χ2n) is 7.34. The number of hydrogen-bond acceptors (Lipinski definition) is 9. The lowest BCUT2D eigenvalue weighted by atomic mass is 9.99. The normalized spacial score (nSPS) is 27.0. The summed E-state index contributed by atoms with van der Waals surface area (Å²) in [7, 11) is 0. The van der Waals surface area contributed by atoms with Crippen molar-refractivity contribution in [3.8, 4) is 11.1 Å². The highest BCUT2D eigenvalue weighted by Gasteiger charge is 2.44. The zero-order valence-corrected chi connectivity index (χ0v) is 16.4. The van der Waals surface area contributed by atoms with Crippen LogP contribution in [0.2, 0.25) is 0 Å². The zero-order valence-electron chi connectivity index (χ0n) is 16.4. The fourth-order valence-electron chi connectivity index (χ4n) is 3.74. The Morgan fingerprint density at radius 3 is 2.35 bits per heavy atom. The molecule has 2 aliphatic rings. The van der Waals surface area contributed by atoms with Crippen LogP contribution in [0.3, 0.4) is 0 Å². The topological polar surface area (TPSA) is 143 Å². The molecule has 1 aliphatic heterocycles. The van der Waals surface area contributed by atoms with Crippen LogP contribution in [0.1, 0.15) is 26.3 Å². The molecule has 5 atom stereocenters. The van der Waals surface area contributed by atoms with Crippen molar-refractivity contribution in [1.82, 2.24) is 0 Å². The van der Waals surface area contributed by atoms with Gasteiger partial charge in [0.05, 0.1) is 18.8 Å². The van der Waals surface area contributed by atoms with Crippen molar-refractivity contribution in [2.24, 2.45) is 0 Å². The maximum Gasteiger partial charge on any atom is 0.338 e. The number of esters is 1. The smallest absolute Gasteiger partial charge is 0.338 e. The van der Waals surface area contributed by atoms with Crippen molar-refractivity contribution in [3.63, 3.8) is 0 Å². The molecule has 31 heavy (non-hydrogen) atoms. The van der Waals surface area contributed by atoms with Gasteiger partial charge >= 0.3 is 5.97 Å². The summed E-state index contributed by atoms with van der Waals surface area (Å²) in [6.07, 6.45) is -6.94. The lowest BCUT2D eigenvalue weighted by Crippen LogP contribution is -2.59. The number of aliphatic hydroxyl groups is 4. The average Bonchev–Trinajstić information content (AvgIpc) is 3.08. The molecule has 0 aromatic heterocycles. The van der Waals surface area contributed by atoms with E-state index in [9.17, 15) is 24.9 Å². The van der Waals surface area contributed by atoms with E-state index in [1.165, 1.54) is 6.07 Å². The minimum absolute atomic E-state index is 0.147. The Balaban J connectivity index is 1.33. The fourth-order valence-corrected chi connectivity index (χ4v) is 3.74. The molecule has 9 nitrogen and oxygen atoms in total.